The van der Waals surface area contributed by atoms with Crippen LogP contribution in [0.1, 0.15) is 19.3 Å². The van der Waals surface area contributed by atoms with E-state index >= 15 is 0 Å². The summed E-state index contributed by atoms with van der Waals surface area (Å²) in [5, 5.41) is 0. The first-order valence-electron chi connectivity index (χ1n) is 6.04. The fourth-order valence-electron chi connectivity index (χ4n) is 2.77. The van der Waals surface area contributed by atoms with Crippen molar-refractivity contribution in [3.8, 4) is 0 Å². The SMILES string of the molecule is COC(=O)[C@@H]1C[C@H](C(=O)OC)CC2(C1)OCCO2. The number of hydrogen-bond acceptors (Lipinski definition) is 6. The van der Waals surface area contributed by atoms with Crippen molar-refractivity contribution in [2.24, 2.45) is 11.8 Å². The molecule has 0 radical (unpaired) electrons. The highest BCUT2D eigenvalue weighted by atomic mass is 16.7. The van der Waals surface area contributed by atoms with E-state index < -0.39 is 5.79 Å². The molecule has 2 fully saturated rings. The quantitative estimate of drug-likeness (QED) is 0.671. The zero-order chi connectivity index (χ0) is 13.2. The number of esters is 2. The van der Waals surface area contributed by atoms with Crippen LogP contribution in [0, 0.1) is 11.8 Å². The molecular weight excluding hydrogens is 240 g/mol. The molecule has 0 aromatic carbocycles. The van der Waals surface area contributed by atoms with Crippen LogP contribution < -0.4 is 0 Å². The Bertz CT molecular complexity index is 307. The second-order valence-electron chi connectivity index (χ2n) is 4.69. The number of carbonyl (C=O) groups excluding carboxylic acids is 2. The lowest BCUT2D eigenvalue weighted by molar-refractivity contribution is -0.208. The van der Waals surface area contributed by atoms with Gasteiger partial charge in [-0.3, -0.25) is 9.59 Å². The maximum atomic E-state index is 11.7. The van der Waals surface area contributed by atoms with Crippen LogP contribution in [0.5, 0.6) is 0 Å². The van der Waals surface area contributed by atoms with Crippen molar-refractivity contribution in [3.05, 3.63) is 0 Å². The average molecular weight is 258 g/mol. The lowest BCUT2D eigenvalue weighted by Gasteiger charge is -2.38. The number of rotatable bonds is 2. The highest BCUT2D eigenvalue weighted by Gasteiger charge is 2.49. The van der Waals surface area contributed by atoms with Crippen molar-refractivity contribution in [2.45, 2.75) is 25.0 Å². The number of carbonyl (C=O) groups is 2. The summed E-state index contributed by atoms with van der Waals surface area (Å²) in [6, 6.07) is 0. The van der Waals surface area contributed by atoms with Crippen molar-refractivity contribution < 1.29 is 28.5 Å². The molecule has 6 heteroatoms. The Kier molecular flexibility index (Phi) is 3.87. The van der Waals surface area contributed by atoms with E-state index in [9.17, 15) is 9.59 Å². The van der Waals surface area contributed by atoms with Gasteiger partial charge in [-0.25, -0.2) is 0 Å². The summed E-state index contributed by atoms with van der Waals surface area (Å²) in [5.41, 5.74) is 0. The number of hydrogen-bond donors (Lipinski definition) is 0. The molecule has 0 aromatic rings. The Morgan fingerprint density at radius 2 is 1.44 bits per heavy atom. The van der Waals surface area contributed by atoms with Crippen LogP contribution in [0.15, 0.2) is 0 Å². The van der Waals surface area contributed by atoms with E-state index in [2.05, 4.69) is 0 Å². The van der Waals surface area contributed by atoms with Gasteiger partial charge in [0.2, 0.25) is 0 Å². The molecule has 1 saturated heterocycles. The van der Waals surface area contributed by atoms with Crippen LogP contribution >= 0.6 is 0 Å². The van der Waals surface area contributed by atoms with E-state index in [1.54, 1.807) is 0 Å². The van der Waals surface area contributed by atoms with Crippen LogP contribution in [0.4, 0.5) is 0 Å². The van der Waals surface area contributed by atoms with Crippen LogP contribution in [-0.2, 0) is 28.5 Å². The Hall–Kier alpha value is -1.14. The minimum Gasteiger partial charge on any atom is -0.469 e. The third kappa shape index (κ3) is 2.49. The molecule has 1 saturated carbocycles. The Morgan fingerprint density at radius 1 is 1.00 bits per heavy atom. The molecule has 0 N–H and O–H groups in total. The molecule has 102 valence electrons. The highest BCUT2D eigenvalue weighted by Crippen LogP contribution is 2.42. The molecule has 1 spiro atoms. The second-order valence-corrected chi connectivity index (χ2v) is 4.69. The van der Waals surface area contributed by atoms with Gasteiger partial charge in [-0.1, -0.05) is 0 Å². The summed E-state index contributed by atoms with van der Waals surface area (Å²) < 4.78 is 20.7. The van der Waals surface area contributed by atoms with Crippen molar-refractivity contribution >= 4 is 11.9 Å². The molecule has 1 heterocycles. The molecule has 0 amide bonds. The molecule has 2 atom stereocenters. The summed E-state index contributed by atoms with van der Waals surface area (Å²) in [4.78, 5) is 23.4. The highest BCUT2D eigenvalue weighted by molar-refractivity contribution is 5.76. The van der Waals surface area contributed by atoms with Gasteiger partial charge < -0.3 is 18.9 Å². The maximum Gasteiger partial charge on any atom is 0.308 e. The molecule has 6 nitrogen and oxygen atoms in total. The third-order valence-corrected chi connectivity index (χ3v) is 3.57. The zero-order valence-corrected chi connectivity index (χ0v) is 10.6. The van der Waals surface area contributed by atoms with Crippen LogP contribution in [0.25, 0.3) is 0 Å². The van der Waals surface area contributed by atoms with Crippen LogP contribution in [-0.4, -0.2) is 45.2 Å². The van der Waals surface area contributed by atoms with Crippen molar-refractivity contribution in [3.63, 3.8) is 0 Å². The standard InChI is InChI=1S/C12H18O6/c1-15-10(13)8-5-9(11(14)16-2)7-12(6-8)17-3-4-18-12/h8-9H,3-7H2,1-2H3/t8-,9+. The van der Waals surface area contributed by atoms with Gasteiger partial charge in [-0.05, 0) is 6.42 Å². The molecule has 2 aliphatic rings. The molecular formula is C12H18O6. The van der Waals surface area contributed by atoms with Gasteiger partial charge in [0.25, 0.3) is 0 Å². The van der Waals surface area contributed by atoms with E-state index in [0.717, 1.165) is 0 Å². The zero-order valence-electron chi connectivity index (χ0n) is 10.6. The lowest BCUT2D eigenvalue weighted by Crippen LogP contribution is -2.45. The van der Waals surface area contributed by atoms with Gasteiger partial charge in [-0.2, -0.15) is 0 Å². The van der Waals surface area contributed by atoms with Crippen molar-refractivity contribution in [1.29, 1.82) is 0 Å². The first-order valence-corrected chi connectivity index (χ1v) is 6.04. The largest absolute Gasteiger partial charge is 0.469 e. The summed E-state index contributed by atoms with van der Waals surface area (Å²) in [5.74, 6) is -2.25. The van der Waals surface area contributed by atoms with Crippen molar-refractivity contribution in [1.82, 2.24) is 0 Å². The molecule has 1 aliphatic heterocycles. The third-order valence-electron chi connectivity index (χ3n) is 3.57. The summed E-state index contributed by atoms with van der Waals surface area (Å²) in [6.45, 7) is 0.976. The van der Waals surface area contributed by atoms with Gasteiger partial charge in [0.1, 0.15) is 0 Å². The van der Waals surface area contributed by atoms with E-state index in [-0.39, 0.29) is 23.8 Å². The van der Waals surface area contributed by atoms with E-state index in [4.69, 9.17) is 18.9 Å². The summed E-state index contributed by atoms with van der Waals surface area (Å²) >= 11 is 0. The lowest BCUT2D eigenvalue weighted by atomic mass is 9.77. The van der Waals surface area contributed by atoms with Crippen LogP contribution in [0.3, 0.4) is 0 Å². The first-order chi connectivity index (χ1) is 8.60. The van der Waals surface area contributed by atoms with E-state index in [1.165, 1.54) is 14.2 Å². The number of methoxy groups -OCH3 is 2. The fraction of sp³-hybridized carbons (Fsp3) is 0.833. The molecule has 0 unspecified atom stereocenters. The smallest absolute Gasteiger partial charge is 0.308 e. The predicted molar refractivity (Wildman–Crippen MR) is 59.5 cm³/mol. The first kappa shape index (κ1) is 13.3. The number of ether oxygens (including phenoxy) is 4. The minimum absolute atomic E-state index is 0.331. The second kappa shape index (κ2) is 5.24. The topological polar surface area (TPSA) is 71.1 Å². The monoisotopic (exact) mass is 258 g/mol. The fourth-order valence-corrected chi connectivity index (χ4v) is 2.77. The summed E-state index contributed by atoms with van der Waals surface area (Å²) in [6.07, 6.45) is 1.30. The molecule has 1 aliphatic carbocycles. The maximum absolute atomic E-state index is 11.7. The Morgan fingerprint density at radius 3 is 1.83 bits per heavy atom. The van der Waals surface area contributed by atoms with Gasteiger partial charge in [0, 0.05) is 12.8 Å². The van der Waals surface area contributed by atoms with E-state index in [0.29, 0.717) is 32.5 Å². The van der Waals surface area contributed by atoms with E-state index in [1.807, 2.05) is 0 Å². The molecule has 18 heavy (non-hydrogen) atoms. The van der Waals surface area contributed by atoms with Gasteiger partial charge in [-0.15, -0.1) is 0 Å². The average Bonchev–Trinajstić information content (AvgIpc) is 2.83. The van der Waals surface area contributed by atoms with Crippen molar-refractivity contribution in [2.75, 3.05) is 27.4 Å². The van der Waals surface area contributed by atoms with Crippen LogP contribution in [0.2, 0.25) is 0 Å². The molecule has 2 rings (SSSR count). The van der Waals surface area contributed by atoms with Gasteiger partial charge >= 0.3 is 11.9 Å². The van der Waals surface area contributed by atoms with Gasteiger partial charge in [0.15, 0.2) is 5.79 Å². The Balaban J connectivity index is 2.14. The summed E-state index contributed by atoms with van der Waals surface area (Å²) in [7, 11) is 2.68. The predicted octanol–water partition coefficient (Wildman–Crippen LogP) is 0.492. The minimum atomic E-state index is -0.823. The Labute approximate surface area is 106 Å². The normalized spacial score (nSPS) is 30.1. The van der Waals surface area contributed by atoms with Gasteiger partial charge in [0.05, 0.1) is 39.3 Å². The molecule has 0 bridgehead atoms. The molecule has 0 aromatic heterocycles.